The Labute approximate surface area is 136 Å². The molecule has 0 heterocycles. The normalized spacial score (nSPS) is 11.8. The number of hydrogen-bond donors (Lipinski definition) is 1. The predicted octanol–water partition coefficient (Wildman–Crippen LogP) is 4.67. The Morgan fingerprint density at radius 2 is 2.00 bits per heavy atom. The first-order valence-corrected chi connectivity index (χ1v) is 7.79. The Balaban J connectivity index is 2.00. The summed E-state index contributed by atoms with van der Waals surface area (Å²) in [6.07, 6.45) is 0.987. The van der Waals surface area contributed by atoms with Gasteiger partial charge in [0.05, 0.1) is 5.69 Å². The molecule has 1 amide bonds. The number of para-hydroxylation sites is 1. The number of ether oxygens (including phenoxy) is 1. The summed E-state index contributed by atoms with van der Waals surface area (Å²) >= 11 is 0. The van der Waals surface area contributed by atoms with E-state index in [2.05, 4.69) is 19.2 Å². The Morgan fingerprint density at radius 3 is 2.70 bits per heavy atom. The lowest BCUT2D eigenvalue weighted by molar-refractivity contribution is -0.118. The van der Waals surface area contributed by atoms with Crippen molar-refractivity contribution < 1.29 is 13.9 Å². The zero-order valence-electron chi connectivity index (χ0n) is 13.7. The minimum absolute atomic E-state index is 0.152. The van der Waals surface area contributed by atoms with E-state index in [1.807, 2.05) is 24.3 Å². The fraction of sp³-hybridized carbons (Fsp3) is 0.316. The zero-order valence-corrected chi connectivity index (χ0v) is 13.7. The van der Waals surface area contributed by atoms with Crippen molar-refractivity contribution in [1.82, 2.24) is 0 Å². The van der Waals surface area contributed by atoms with Crippen molar-refractivity contribution in [2.45, 2.75) is 33.1 Å². The molecular weight excluding hydrogens is 293 g/mol. The van der Waals surface area contributed by atoms with E-state index in [-0.39, 0.29) is 18.2 Å². The van der Waals surface area contributed by atoms with E-state index in [1.165, 1.54) is 6.07 Å². The number of benzene rings is 2. The predicted molar refractivity (Wildman–Crippen MR) is 90.4 cm³/mol. The van der Waals surface area contributed by atoms with Gasteiger partial charge in [-0.25, -0.2) is 4.39 Å². The van der Waals surface area contributed by atoms with Crippen LogP contribution < -0.4 is 10.1 Å². The Hall–Kier alpha value is -2.36. The van der Waals surface area contributed by atoms with Crippen LogP contribution in [-0.4, -0.2) is 12.5 Å². The van der Waals surface area contributed by atoms with Gasteiger partial charge in [0.15, 0.2) is 6.61 Å². The van der Waals surface area contributed by atoms with Crippen molar-refractivity contribution in [1.29, 1.82) is 0 Å². The van der Waals surface area contributed by atoms with Crippen LogP contribution in [0.5, 0.6) is 5.75 Å². The second-order valence-corrected chi connectivity index (χ2v) is 5.67. The molecule has 0 aliphatic rings. The third-order valence-electron chi connectivity index (χ3n) is 3.82. The smallest absolute Gasteiger partial charge is 0.262 e. The van der Waals surface area contributed by atoms with E-state index in [0.717, 1.165) is 17.5 Å². The van der Waals surface area contributed by atoms with Gasteiger partial charge in [-0.1, -0.05) is 38.1 Å². The van der Waals surface area contributed by atoms with Crippen LogP contribution in [0.1, 0.15) is 37.3 Å². The molecule has 0 radical (unpaired) electrons. The average Bonchev–Trinajstić information content (AvgIpc) is 2.55. The fourth-order valence-corrected chi connectivity index (χ4v) is 2.29. The van der Waals surface area contributed by atoms with Gasteiger partial charge in [-0.3, -0.25) is 4.79 Å². The lowest BCUT2D eigenvalue weighted by Gasteiger charge is -2.15. The van der Waals surface area contributed by atoms with Crippen molar-refractivity contribution >= 4 is 11.6 Å². The number of anilines is 1. The number of carbonyl (C=O) groups excluding carboxylic acids is 1. The number of amides is 1. The van der Waals surface area contributed by atoms with Crippen LogP contribution in [0.4, 0.5) is 10.1 Å². The van der Waals surface area contributed by atoms with Gasteiger partial charge in [0.2, 0.25) is 0 Å². The summed E-state index contributed by atoms with van der Waals surface area (Å²) in [5.74, 6) is 0.218. The molecule has 0 aromatic heterocycles. The van der Waals surface area contributed by atoms with Gasteiger partial charge in [-0.2, -0.15) is 0 Å². The Kier molecular flexibility index (Phi) is 5.74. The van der Waals surface area contributed by atoms with Gasteiger partial charge in [-0.15, -0.1) is 0 Å². The summed E-state index contributed by atoms with van der Waals surface area (Å²) in [4.78, 5) is 12.0. The van der Waals surface area contributed by atoms with Crippen molar-refractivity contribution in [3.8, 4) is 5.75 Å². The topological polar surface area (TPSA) is 38.3 Å². The largest absolute Gasteiger partial charge is 0.483 e. The number of hydrogen-bond acceptors (Lipinski definition) is 2. The average molecular weight is 315 g/mol. The number of halogens is 1. The number of carbonyl (C=O) groups is 1. The van der Waals surface area contributed by atoms with E-state index in [0.29, 0.717) is 11.7 Å². The maximum Gasteiger partial charge on any atom is 0.262 e. The molecule has 0 bridgehead atoms. The molecule has 2 aromatic carbocycles. The van der Waals surface area contributed by atoms with Crippen molar-refractivity contribution in [2.24, 2.45) is 0 Å². The zero-order chi connectivity index (χ0) is 16.8. The molecule has 0 saturated carbocycles. The van der Waals surface area contributed by atoms with Crippen molar-refractivity contribution in [3.05, 3.63) is 59.4 Å². The summed E-state index contributed by atoms with van der Waals surface area (Å²) in [5, 5.41) is 2.53. The molecule has 1 atom stereocenters. The molecule has 1 unspecified atom stereocenters. The van der Waals surface area contributed by atoms with Crippen LogP contribution in [0, 0.1) is 12.7 Å². The molecule has 0 aliphatic heterocycles. The summed E-state index contributed by atoms with van der Waals surface area (Å²) in [7, 11) is 0. The Bertz CT molecular complexity index is 685. The summed E-state index contributed by atoms with van der Waals surface area (Å²) < 4.78 is 19.4. The quantitative estimate of drug-likeness (QED) is 0.841. The van der Waals surface area contributed by atoms with Crippen molar-refractivity contribution in [2.75, 3.05) is 11.9 Å². The van der Waals surface area contributed by atoms with Gasteiger partial charge in [-0.05, 0) is 48.6 Å². The minimum Gasteiger partial charge on any atom is -0.483 e. The second-order valence-electron chi connectivity index (χ2n) is 5.67. The van der Waals surface area contributed by atoms with Crippen LogP contribution in [-0.2, 0) is 4.79 Å². The Morgan fingerprint density at radius 1 is 1.26 bits per heavy atom. The SMILES string of the molecule is CCC(C)c1ccccc1OCC(=O)Nc1ccc(C)cc1F. The number of rotatable bonds is 6. The molecule has 0 aliphatic carbocycles. The summed E-state index contributed by atoms with van der Waals surface area (Å²) in [5.41, 5.74) is 2.04. The van der Waals surface area contributed by atoms with Crippen LogP contribution in [0.2, 0.25) is 0 Å². The first kappa shape index (κ1) is 17.0. The van der Waals surface area contributed by atoms with Crippen molar-refractivity contribution in [3.63, 3.8) is 0 Å². The second kappa shape index (κ2) is 7.77. The highest BCUT2D eigenvalue weighted by molar-refractivity contribution is 5.92. The van der Waals surface area contributed by atoms with Gasteiger partial charge in [0, 0.05) is 0 Å². The van der Waals surface area contributed by atoms with Crippen LogP contribution in [0.3, 0.4) is 0 Å². The van der Waals surface area contributed by atoms with E-state index in [1.54, 1.807) is 19.1 Å². The molecule has 0 saturated heterocycles. The molecule has 0 fully saturated rings. The molecule has 2 rings (SSSR count). The minimum atomic E-state index is -0.446. The van der Waals surface area contributed by atoms with E-state index < -0.39 is 5.82 Å². The van der Waals surface area contributed by atoms with Gasteiger partial charge >= 0.3 is 0 Å². The first-order chi connectivity index (χ1) is 11.0. The maximum absolute atomic E-state index is 13.7. The monoisotopic (exact) mass is 315 g/mol. The highest BCUT2D eigenvalue weighted by Gasteiger charge is 2.12. The number of nitrogens with one attached hydrogen (secondary N) is 1. The third kappa shape index (κ3) is 4.55. The standard InChI is InChI=1S/C19H22FNO2/c1-4-14(3)15-7-5-6-8-18(15)23-12-19(22)21-17-10-9-13(2)11-16(17)20/h5-11,14H,4,12H2,1-3H3,(H,21,22). The number of aryl methyl sites for hydroxylation is 1. The molecule has 4 heteroatoms. The lowest BCUT2D eigenvalue weighted by atomic mass is 9.98. The molecular formula is C19H22FNO2. The molecule has 2 aromatic rings. The lowest BCUT2D eigenvalue weighted by Crippen LogP contribution is -2.21. The highest BCUT2D eigenvalue weighted by atomic mass is 19.1. The molecule has 122 valence electrons. The molecule has 23 heavy (non-hydrogen) atoms. The summed E-state index contributed by atoms with van der Waals surface area (Å²) in [6.45, 7) is 5.86. The van der Waals surface area contributed by atoms with Gasteiger partial charge < -0.3 is 10.1 Å². The van der Waals surface area contributed by atoms with E-state index in [9.17, 15) is 9.18 Å². The molecule has 0 spiro atoms. The molecule has 1 N–H and O–H groups in total. The summed E-state index contributed by atoms with van der Waals surface area (Å²) in [6, 6.07) is 12.4. The van der Waals surface area contributed by atoms with Gasteiger partial charge in [0.25, 0.3) is 5.91 Å². The van der Waals surface area contributed by atoms with E-state index in [4.69, 9.17) is 4.74 Å². The molecule has 3 nitrogen and oxygen atoms in total. The van der Waals surface area contributed by atoms with Crippen LogP contribution >= 0.6 is 0 Å². The highest BCUT2D eigenvalue weighted by Crippen LogP contribution is 2.28. The van der Waals surface area contributed by atoms with E-state index >= 15 is 0 Å². The maximum atomic E-state index is 13.7. The third-order valence-corrected chi connectivity index (χ3v) is 3.82. The fourth-order valence-electron chi connectivity index (χ4n) is 2.29. The van der Waals surface area contributed by atoms with Crippen LogP contribution in [0.25, 0.3) is 0 Å². The van der Waals surface area contributed by atoms with Crippen LogP contribution in [0.15, 0.2) is 42.5 Å². The first-order valence-electron chi connectivity index (χ1n) is 7.79. The van der Waals surface area contributed by atoms with Gasteiger partial charge in [0.1, 0.15) is 11.6 Å².